The van der Waals surface area contributed by atoms with Crippen molar-refractivity contribution in [1.29, 1.82) is 0 Å². The van der Waals surface area contributed by atoms with Crippen LogP contribution in [0.25, 0.3) is 15.6 Å². The van der Waals surface area contributed by atoms with E-state index in [9.17, 15) is 13.6 Å². The predicted octanol–water partition coefficient (Wildman–Crippen LogP) is 5.71. The Morgan fingerprint density at radius 3 is 2.70 bits per heavy atom. The van der Waals surface area contributed by atoms with E-state index in [-0.39, 0.29) is 49.3 Å². The molecule has 0 N–H and O–H groups in total. The number of alkyl halides is 2. The van der Waals surface area contributed by atoms with E-state index in [4.69, 9.17) is 32.9 Å². The van der Waals surface area contributed by atoms with Crippen LogP contribution in [-0.2, 0) is 17.8 Å². The number of piperazine rings is 1. The van der Waals surface area contributed by atoms with Gasteiger partial charge in [-0.3, -0.25) is 4.79 Å². The molecule has 2 aliphatic heterocycles. The quantitative estimate of drug-likeness (QED) is 0.203. The molecule has 3 aliphatic rings. The molecule has 3 aromatic rings. The summed E-state index contributed by atoms with van der Waals surface area (Å²) in [5, 5.41) is 2.75. The van der Waals surface area contributed by atoms with E-state index in [0.717, 1.165) is 40.1 Å². The summed E-state index contributed by atoms with van der Waals surface area (Å²) >= 11 is 6.69. The molecule has 1 amide bonds. The summed E-state index contributed by atoms with van der Waals surface area (Å²) < 4.78 is 33.1. The molecule has 9 nitrogen and oxygen atoms in total. The molecule has 2 fully saturated rings. The normalized spacial score (nSPS) is 20.0. The number of carbonyl (C=O) groups excluding carboxylic acids is 1. The number of rotatable bonds is 10. The van der Waals surface area contributed by atoms with Crippen LogP contribution in [0.5, 0.6) is 6.01 Å². The van der Waals surface area contributed by atoms with Crippen LogP contribution in [0.1, 0.15) is 31.0 Å². The molecule has 1 saturated heterocycles. The highest BCUT2D eigenvalue weighted by Crippen LogP contribution is 2.45. The number of anilines is 2. The molecule has 1 saturated carbocycles. The van der Waals surface area contributed by atoms with Gasteiger partial charge >= 0.3 is 6.01 Å². The first-order valence-corrected chi connectivity index (χ1v) is 16.5. The maximum atomic E-state index is 13.5. The molecule has 12 heteroatoms. The highest BCUT2D eigenvalue weighted by molar-refractivity contribution is 6.36. The third-order valence-electron chi connectivity index (χ3n) is 9.91. The number of halogens is 3. The number of fused-ring (bicyclic) bond motifs is 2. The molecule has 0 bridgehead atoms. The molecule has 0 radical (unpaired) electrons. The third kappa shape index (κ3) is 6.85. The molecule has 1 aliphatic carbocycles. The fourth-order valence-electron chi connectivity index (χ4n) is 7.07. The van der Waals surface area contributed by atoms with Crippen molar-refractivity contribution in [3.8, 4) is 6.01 Å². The van der Waals surface area contributed by atoms with Crippen molar-refractivity contribution in [2.24, 2.45) is 5.92 Å². The topological polar surface area (TPSA) is 69.4 Å². The zero-order chi connectivity index (χ0) is 33.3. The second-order valence-corrected chi connectivity index (χ2v) is 13.2. The number of benzene rings is 2. The fourth-order valence-corrected chi connectivity index (χ4v) is 7.35. The van der Waals surface area contributed by atoms with Gasteiger partial charge in [-0.1, -0.05) is 42.4 Å². The van der Waals surface area contributed by atoms with Crippen molar-refractivity contribution in [2.45, 2.75) is 50.7 Å². The average molecular weight is 664 g/mol. The number of hydrogen-bond acceptors (Lipinski definition) is 7. The van der Waals surface area contributed by atoms with Crippen molar-refractivity contribution >= 4 is 39.8 Å². The Hall–Kier alpha value is -4.01. The van der Waals surface area contributed by atoms with Gasteiger partial charge in [0.15, 0.2) is 0 Å². The van der Waals surface area contributed by atoms with Crippen molar-refractivity contribution in [3.05, 3.63) is 76.8 Å². The molecular formula is C35H40ClF2N7O2. The highest BCUT2D eigenvalue weighted by Gasteiger charge is 2.48. The summed E-state index contributed by atoms with van der Waals surface area (Å²) in [6.45, 7) is 16.9. The van der Waals surface area contributed by atoms with Gasteiger partial charge in [-0.25, -0.2) is 15.4 Å². The highest BCUT2D eigenvalue weighted by atomic mass is 35.5. The smallest absolute Gasteiger partial charge is 0.318 e. The minimum atomic E-state index is -2.55. The molecule has 1 aromatic heterocycles. The van der Waals surface area contributed by atoms with Gasteiger partial charge in [0, 0.05) is 68.2 Å². The van der Waals surface area contributed by atoms with E-state index >= 15 is 0 Å². The predicted molar refractivity (Wildman–Crippen MR) is 180 cm³/mol. The summed E-state index contributed by atoms with van der Waals surface area (Å²) in [5.74, 6) is -2.00. The van der Waals surface area contributed by atoms with Gasteiger partial charge in [0.05, 0.1) is 17.3 Å². The Kier molecular flexibility index (Phi) is 9.53. The van der Waals surface area contributed by atoms with Gasteiger partial charge in [-0.2, -0.15) is 9.97 Å². The zero-order valence-electron chi connectivity index (χ0n) is 26.8. The lowest BCUT2D eigenvalue weighted by Crippen LogP contribution is -2.56. The van der Waals surface area contributed by atoms with Gasteiger partial charge in [0.2, 0.25) is 18.4 Å². The Labute approximate surface area is 279 Å². The molecule has 6 rings (SSSR count). The summed E-state index contributed by atoms with van der Waals surface area (Å²) in [6, 6.07) is 12.0. The fraction of sp³-hybridized carbons (Fsp3) is 0.486. The number of ether oxygens (including phenoxy) is 1. The van der Waals surface area contributed by atoms with Gasteiger partial charge < -0.3 is 29.2 Å². The van der Waals surface area contributed by atoms with E-state index < -0.39 is 5.92 Å². The molecule has 2 aromatic carbocycles. The largest absolute Gasteiger partial charge is 0.462 e. The van der Waals surface area contributed by atoms with E-state index in [1.54, 1.807) is 4.90 Å². The second-order valence-electron chi connectivity index (χ2n) is 12.8. The van der Waals surface area contributed by atoms with Crippen LogP contribution < -0.4 is 14.5 Å². The second kappa shape index (κ2) is 13.6. The number of likely N-dealkylation sites (N-methyl/N-ethyl adjacent to an activating group) is 1. The van der Waals surface area contributed by atoms with E-state index in [0.29, 0.717) is 50.8 Å². The van der Waals surface area contributed by atoms with E-state index in [1.165, 1.54) is 6.08 Å². The van der Waals surface area contributed by atoms with Crippen LogP contribution in [0.3, 0.4) is 0 Å². The Morgan fingerprint density at radius 1 is 1.21 bits per heavy atom. The maximum Gasteiger partial charge on any atom is 0.318 e. The molecule has 3 heterocycles. The van der Waals surface area contributed by atoms with Crippen LogP contribution in [-0.4, -0.2) is 96.6 Å². The molecule has 47 heavy (non-hydrogen) atoms. The monoisotopic (exact) mass is 663 g/mol. The Balaban J connectivity index is 1.27. The minimum Gasteiger partial charge on any atom is -0.462 e. The van der Waals surface area contributed by atoms with E-state index in [1.807, 2.05) is 32.2 Å². The first kappa shape index (κ1) is 32.9. The lowest BCUT2D eigenvalue weighted by molar-refractivity contribution is -0.128. The number of nitrogens with zero attached hydrogens (tertiary/aromatic N) is 7. The van der Waals surface area contributed by atoms with Gasteiger partial charge in [-0.05, 0) is 49.9 Å². The van der Waals surface area contributed by atoms with Crippen LogP contribution in [0.15, 0.2) is 49.1 Å². The number of carbonyl (C=O) groups is 1. The van der Waals surface area contributed by atoms with Crippen LogP contribution in [0.2, 0.25) is 5.02 Å². The minimum absolute atomic E-state index is 0.00766. The summed E-state index contributed by atoms with van der Waals surface area (Å²) in [6.07, 6.45) is 1.84. The standard InChI is InChI=1S/C35H40ClF2N7O2/c1-5-31(46)45-15-14-44(21-26(45)20-39-3)33-27-12-13-43(30-11-7-9-24-8-6-10-28(36)32(24)30)22-29(27)40-34(41-33)47-17-16-42(4)23(2)25-18-35(37,38)19-25/h5-11,23,25-26H,1,12-22H2,2,4H3/t23-,26+/m1/s1. The summed E-state index contributed by atoms with van der Waals surface area (Å²) in [7, 11) is 1.93. The van der Waals surface area contributed by atoms with Crippen molar-refractivity contribution < 1.29 is 18.3 Å². The molecule has 2 atom stereocenters. The lowest BCUT2D eigenvalue weighted by atomic mass is 9.76. The summed E-state index contributed by atoms with van der Waals surface area (Å²) in [4.78, 5) is 34.2. The number of amides is 1. The zero-order valence-corrected chi connectivity index (χ0v) is 27.6. The first-order chi connectivity index (χ1) is 22.6. The van der Waals surface area contributed by atoms with Crippen LogP contribution in [0.4, 0.5) is 20.3 Å². The van der Waals surface area contributed by atoms with Crippen molar-refractivity contribution in [1.82, 2.24) is 19.8 Å². The lowest BCUT2D eigenvalue weighted by Gasteiger charge is -2.42. The third-order valence-corrected chi connectivity index (χ3v) is 10.2. The van der Waals surface area contributed by atoms with Gasteiger partial charge in [0.1, 0.15) is 18.5 Å². The Bertz CT molecular complexity index is 1690. The SMILES string of the molecule is [C-]#[N+]C[C@H]1CN(c2nc(OCCN(C)[C@H](C)C3CC(F)(F)C3)nc3c2CCN(c2cccc4cccc(Cl)c24)C3)CCN1C(=O)C=C. The van der Waals surface area contributed by atoms with Crippen LogP contribution >= 0.6 is 11.6 Å². The van der Waals surface area contributed by atoms with Crippen LogP contribution in [0, 0.1) is 12.5 Å². The molecule has 248 valence electrons. The van der Waals surface area contributed by atoms with E-state index in [2.05, 4.69) is 44.3 Å². The van der Waals surface area contributed by atoms with Gasteiger partial charge in [-0.15, -0.1) is 0 Å². The maximum absolute atomic E-state index is 13.5. The van der Waals surface area contributed by atoms with Crippen molar-refractivity contribution in [3.63, 3.8) is 0 Å². The summed E-state index contributed by atoms with van der Waals surface area (Å²) in [5.41, 5.74) is 2.92. The molecular weight excluding hydrogens is 624 g/mol. The Morgan fingerprint density at radius 2 is 1.98 bits per heavy atom. The first-order valence-electron chi connectivity index (χ1n) is 16.1. The van der Waals surface area contributed by atoms with Crippen molar-refractivity contribution in [2.75, 3.05) is 62.7 Å². The number of hydrogen-bond donors (Lipinski definition) is 0. The average Bonchev–Trinajstić information content (AvgIpc) is 3.05. The number of aromatic nitrogens is 2. The molecule has 0 unspecified atom stereocenters. The molecule has 0 spiro atoms. The van der Waals surface area contributed by atoms with Gasteiger partial charge in [0.25, 0.3) is 0 Å².